The van der Waals surface area contributed by atoms with Gasteiger partial charge in [0.2, 0.25) is 0 Å². The summed E-state index contributed by atoms with van der Waals surface area (Å²) in [5.74, 6) is 0.962. The van der Waals surface area contributed by atoms with E-state index < -0.39 is 0 Å². The summed E-state index contributed by atoms with van der Waals surface area (Å²) in [5, 5.41) is 4.65. The topological polar surface area (TPSA) is 41.1 Å². The number of anilines is 1. The average Bonchev–Trinajstić information content (AvgIpc) is 3.55. The van der Waals surface area contributed by atoms with Crippen molar-refractivity contribution in [1.29, 1.82) is 0 Å². The Morgan fingerprint density at radius 3 is 2.65 bits per heavy atom. The minimum atomic E-state index is 0.582. The van der Waals surface area contributed by atoms with Crippen LogP contribution in [0.15, 0.2) is 48.8 Å². The average molecular weight is 344 g/mol. The first-order valence-electron chi connectivity index (χ1n) is 9.57. The first-order chi connectivity index (χ1) is 12.8. The minimum Gasteiger partial charge on any atom is -0.367 e. The third-order valence-electron chi connectivity index (χ3n) is 5.42. The maximum absolute atomic E-state index is 4.48. The third kappa shape index (κ3) is 3.29. The van der Waals surface area contributed by atoms with Crippen LogP contribution >= 0.6 is 0 Å². The summed E-state index contributed by atoms with van der Waals surface area (Å²) >= 11 is 0. The van der Waals surface area contributed by atoms with E-state index in [0.29, 0.717) is 6.04 Å². The maximum atomic E-state index is 4.48. The van der Waals surface area contributed by atoms with Crippen molar-refractivity contribution in [2.45, 2.75) is 44.3 Å². The summed E-state index contributed by atoms with van der Waals surface area (Å²) in [6.45, 7) is 1.02. The van der Waals surface area contributed by atoms with Crippen LogP contribution in [0.3, 0.4) is 0 Å². The van der Waals surface area contributed by atoms with Crippen LogP contribution in [-0.4, -0.2) is 34.0 Å². The number of hydrogen-bond donors (Lipinski definition) is 1. The van der Waals surface area contributed by atoms with Crippen molar-refractivity contribution in [3.63, 3.8) is 0 Å². The van der Waals surface area contributed by atoms with Crippen molar-refractivity contribution >= 4 is 16.7 Å². The lowest BCUT2D eigenvalue weighted by Gasteiger charge is -2.16. The Hall–Kier alpha value is -2.46. The SMILES string of the molecule is CN(Cc1cccc(-c2ccc3ncnc(NC4CC4)c3c2)c1)C1CC1. The molecule has 4 heteroatoms. The molecule has 0 bridgehead atoms. The first kappa shape index (κ1) is 15.8. The summed E-state index contributed by atoms with van der Waals surface area (Å²) < 4.78 is 0. The van der Waals surface area contributed by atoms with Gasteiger partial charge in [-0.2, -0.15) is 0 Å². The Kier molecular flexibility index (Phi) is 3.86. The first-order valence-corrected chi connectivity index (χ1v) is 9.57. The molecular formula is C22H24N4. The van der Waals surface area contributed by atoms with Gasteiger partial charge in [-0.05, 0) is 67.6 Å². The summed E-state index contributed by atoms with van der Waals surface area (Å²) in [6, 6.07) is 16.8. The van der Waals surface area contributed by atoms with Gasteiger partial charge in [-0.3, -0.25) is 4.90 Å². The van der Waals surface area contributed by atoms with Gasteiger partial charge in [-0.1, -0.05) is 24.3 Å². The van der Waals surface area contributed by atoms with Crippen molar-refractivity contribution in [2.75, 3.05) is 12.4 Å². The van der Waals surface area contributed by atoms with Gasteiger partial charge in [-0.25, -0.2) is 9.97 Å². The van der Waals surface area contributed by atoms with E-state index in [0.717, 1.165) is 29.3 Å². The van der Waals surface area contributed by atoms with Crippen LogP contribution in [0.2, 0.25) is 0 Å². The van der Waals surface area contributed by atoms with E-state index in [1.54, 1.807) is 6.33 Å². The summed E-state index contributed by atoms with van der Waals surface area (Å²) in [5.41, 5.74) is 4.85. The van der Waals surface area contributed by atoms with Gasteiger partial charge >= 0.3 is 0 Å². The molecule has 0 unspecified atom stereocenters. The van der Waals surface area contributed by atoms with Crippen molar-refractivity contribution in [1.82, 2.24) is 14.9 Å². The zero-order chi connectivity index (χ0) is 17.5. The highest BCUT2D eigenvalue weighted by molar-refractivity contribution is 5.92. The van der Waals surface area contributed by atoms with E-state index in [4.69, 9.17) is 0 Å². The van der Waals surface area contributed by atoms with E-state index >= 15 is 0 Å². The Morgan fingerprint density at radius 1 is 1.00 bits per heavy atom. The molecule has 1 heterocycles. The molecule has 0 saturated heterocycles. The number of aromatic nitrogens is 2. The van der Waals surface area contributed by atoms with E-state index in [9.17, 15) is 0 Å². The van der Waals surface area contributed by atoms with E-state index in [2.05, 4.69) is 69.7 Å². The van der Waals surface area contributed by atoms with E-state index in [1.165, 1.54) is 42.4 Å². The number of fused-ring (bicyclic) bond motifs is 1. The zero-order valence-corrected chi connectivity index (χ0v) is 15.2. The van der Waals surface area contributed by atoms with Gasteiger partial charge in [0.15, 0.2) is 0 Å². The minimum absolute atomic E-state index is 0.582. The summed E-state index contributed by atoms with van der Waals surface area (Å²) in [7, 11) is 2.23. The second-order valence-electron chi connectivity index (χ2n) is 7.72. The molecular weight excluding hydrogens is 320 g/mol. The largest absolute Gasteiger partial charge is 0.367 e. The molecule has 2 aromatic carbocycles. The third-order valence-corrected chi connectivity index (χ3v) is 5.42. The molecule has 5 rings (SSSR count). The fourth-order valence-electron chi connectivity index (χ4n) is 3.55. The van der Waals surface area contributed by atoms with E-state index in [1.807, 2.05) is 0 Å². The molecule has 0 amide bonds. The van der Waals surface area contributed by atoms with Gasteiger partial charge in [0.25, 0.3) is 0 Å². The maximum Gasteiger partial charge on any atom is 0.137 e. The van der Waals surface area contributed by atoms with Crippen LogP contribution in [0.25, 0.3) is 22.0 Å². The Labute approximate surface area is 154 Å². The summed E-state index contributed by atoms with van der Waals surface area (Å²) in [4.78, 5) is 11.4. The molecule has 2 aliphatic carbocycles. The predicted octanol–water partition coefficient (Wildman–Crippen LogP) is 4.47. The normalized spacial score (nSPS) is 17.0. The monoisotopic (exact) mass is 344 g/mol. The molecule has 2 fully saturated rings. The van der Waals surface area contributed by atoms with Gasteiger partial charge < -0.3 is 5.32 Å². The van der Waals surface area contributed by atoms with Crippen molar-refractivity contribution in [3.8, 4) is 11.1 Å². The Bertz CT molecular complexity index is 944. The number of hydrogen-bond acceptors (Lipinski definition) is 4. The lowest BCUT2D eigenvalue weighted by atomic mass is 10.0. The molecule has 0 spiro atoms. The fourth-order valence-corrected chi connectivity index (χ4v) is 3.55. The van der Waals surface area contributed by atoms with Crippen molar-refractivity contribution < 1.29 is 0 Å². The standard InChI is InChI=1S/C22H24N4/c1-26(19-8-9-19)13-15-3-2-4-16(11-15)17-5-10-21-20(12-17)22(24-14-23-21)25-18-6-7-18/h2-5,10-12,14,18-19H,6-9,13H2,1H3,(H,23,24,25). The number of nitrogens with zero attached hydrogens (tertiary/aromatic N) is 3. The second kappa shape index (κ2) is 6.36. The molecule has 0 aliphatic heterocycles. The van der Waals surface area contributed by atoms with Crippen LogP contribution in [0.5, 0.6) is 0 Å². The molecule has 3 aromatic rings. The summed E-state index contributed by atoms with van der Waals surface area (Å²) in [6.07, 6.45) is 6.82. The number of rotatable bonds is 6. The van der Waals surface area contributed by atoms with Crippen molar-refractivity contribution in [3.05, 3.63) is 54.4 Å². The number of nitrogens with one attached hydrogen (secondary N) is 1. The molecule has 132 valence electrons. The molecule has 1 N–H and O–H groups in total. The lowest BCUT2D eigenvalue weighted by Crippen LogP contribution is -2.19. The van der Waals surface area contributed by atoms with Gasteiger partial charge in [0, 0.05) is 24.0 Å². The highest BCUT2D eigenvalue weighted by Gasteiger charge is 2.26. The highest BCUT2D eigenvalue weighted by atomic mass is 15.1. The fraction of sp³-hybridized carbons (Fsp3) is 0.364. The molecule has 2 aliphatic rings. The lowest BCUT2D eigenvalue weighted by molar-refractivity contribution is 0.316. The molecule has 1 aromatic heterocycles. The molecule has 2 saturated carbocycles. The quantitative estimate of drug-likeness (QED) is 0.716. The van der Waals surface area contributed by atoms with Crippen LogP contribution < -0.4 is 5.32 Å². The molecule has 4 nitrogen and oxygen atoms in total. The Balaban J connectivity index is 1.47. The van der Waals surface area contributed by atoms with Gasteiger partial charge in [0.05, 0.1) is 5.52 Å². The van der Waals surface area contributed by atoms with E-state index in [-0.39, 0.29) is 0 Å². The van der Waals surface area contributed by atoms with Gasteiger partial charge in [0.1, 0.15) is 12.1 Å². The van der Waals surface area contributed by atoms with Crippen LogP contribution in [-0.2, 0) is 6.54 Å². The molecule has 0 radical (unpaired) electrons. The highest BCUT2D eigenvalue weighted by Crippen LogP contribution is 2.31. The zero-order valence-electron chi connectivity index (χ0n) is 15.2. The molecule has 26 heavy (non-hydrogen) atoms. The smallest absolute Gasteiger partial charge is 0.137 e. The predicted molar refractivity (Wildman–Crippen MR) is 106 cm³/mol. The van der Waals surface area contributed by atoms with Crippen molar-refractivity contribution in [2.24, 2.45) is 0 Å². The molecule has 0 atom stereocenters. The van der Waals surface area contributed by atoms with Crippen LogP contribution in [0.4, 0.5) is 5.82 Å². The van der Waals surface area contributed by atoms with Crippen LogP contribution in [0, 0.1) is 0 Å². The van der Waals surface area contributed by atoms with Gasteiger partial charge in [-0.15, -0.1) is 0 Å². The van der Waals surface area contributed by atoms with Crippen LogP contribution in [0.1, 0.15) is 31.2 Å². The number of benzene rings is 2. The Morgan fingerprint density at radius 2 is 1.85 bits per heavy atom. The second-order valence-corrected chi connectivity index (χ2v) is 7.72.